The van der Waals surface area contributed by atoms with Gasteiger partial charge in [0.25, 0.3) is 0 Å². The topological polar surface area (TPSA) is 84.9 Å². The van der Waals surface area contributed by atoms with Gasteiger partial charge in [0.15, 0.2) is 0 Å². The number of ether oxygens (including phenoxy) is 2. The normalized spacial score (nSPS) is 25.3. The summed E-state index contributed by atoms with van der Waals surface area (Å²) in [5.41, 5.74) is -0.776. The molecule has 0 aromatic carbocycles. The van der Waals surface area contributed by atoms with E-state index in [1.807, 2.05) is 13.8 Å². The Morgan fingerprint density at radius 1 is 1.10 bits per heavy atom. The van der Waals surface area contributed by atoms with Crippen LogP contribution in [0.4, 0.5) is 13.6 Å². The van der Waals surface area contributed by atoms with Crippen molar-refractivity contribution in [2.75, 3.05) is 13.7 Å². The zero-order chi connectivity index (χ0) is 23.6. The Labute approximate surface area is 183 Å². The summed E-state index contributed by atoms with van der Waals surface area (Å²) in [4.78, 5) is 40.0. The summed E-state index contributed by atoms with van der Waals surface area (Å²) >= 11 is 0. The van der Waals surface area contributed by atoms with Gasteiger partial charge in [-0.05, 0) is 57.8 Å². The third-order valence-corrected chi connectivity index (χ3v) is 6.20. The van der Waals surface area contributed by atoms with E-state index in [1.54, 1.807) is 20.8 Å². The summed E-state index contributed by atoms with van der Waals surface area (Å²) in [6.07, 6.45) is -0.630. The van der Waals surface area contributed by atoms with E-state index < -0.39 is 47.5 Å². The molecule has 9 heteroatoms. The van der Waals surface area contributed by atoms with Crippen LogP contribution in [0, 0.1) is 17.8 Å². The maximum absolute atomic E-state index is 13.7. The van der Waals surface area contributed by atoms with Gasteiger partial charge in [-0.15, -0.1) is 0 Å². The highest BCUT2D eigenvalue weighted by atomic mass is 19.3. The molecule has 0 radical (unpaired) electrons. The van der Waals surface area contributed by atoms with Crippen LogP contribution >= 0.6 is 0 Å². The molecule has 178 valence electrons. The van der Waals surface area contributed by atoms with Gasteiger partial charge in [-0.25, -0.2) is 18.4 Å². The first-order chi connectivity index (χ1) is 14.3. The van der Waals surface area contributed by atoms with E-state index in [4.69, 9.17) is 9.47 Å². The lowest BCUT2D eigenvalue weighted by Gasteiger charge is -2.37. The lowest BCUT2D eigenvalue weighted by molar-refractivity contribution is -0.154. The first kappa shape index (κ1) is 25.3. The lowest BCUT2D eigenvalue weighted by Crippen LogP contribution is -2.57. The molecular weight excluding hydrogens is 410 g/mol. The molecule has 1 aliphatic carbocycles. The number of carbonyl (C=O) groups is 3. The standard InChI is InChI=1S/C22H36F2N2O5/c1-13(2)15-9-12-26(17(15)19(28)30-6)18(27)16(25-20(29)31-21(3,4)5)14-7-10-22(23,24)11-8-14/h13-17H,7-12H2,1-6H3,(H,25,29)/t15-,16+,17?/m1/s1. The Morgan fingerprint density at radius 2 is 1.68 bits per heavy atom. The maximum Gasteiger partial charge on any atom is 0.408 e. The summed E-state index contributed by atoms with van der Waals surface area (Å²) in [6.45, 7) is 9.40. The minimum Gasteiger partial charge on any atom is -0.467 e. The largest absolute Gasteiger partial charge is 0.467 e. The fourth-order valence-corrected chi connectivity index (χ4v) is 4.57. The van der Waals surface area contributed by atoms with Gasteiger partial charge in [-0.1, -0.05) is 13.8 Å². The number of nitrogens with zero attached hydrogens (tertiary/aromatic N) is 1. The first-order valence-corrected chi connectivity index (χ1v) is 11.0. The van der Waals surface area contributed by atoms with E-state index in [-0.39, 0.29) is 37.5 Å². The molecule has 31 heavy (non-hydrogen) atoms. The Balaban J connectivity index is 2.28. The number of halogens is 2. The van der Waals surface area contributed by atoms with Gasteiger partial charge in [-0.3, -0.25) is 4.79 Å². The Kier molecular flexibility index (Phi) is 7.92. The fourth-order valence-electron chi connectivity index (χ4n) is 4.57. The highest BCUT2D eigenvalue weighted by molar-refractivity contribution is 5.90. The third-order valence-electron chi connectivity index (χ3n) is 6.20. The predicted molar refractivity (Wildman–Crippen MR) is 111 cm³/mol. The quantitative estimate of drug-likeness (QED) is 0.650. The summed E-state index contributed by atoms with van der Waals surface area (Å²) in [5.74, 6) is -4.10. The van der Waals surface area contributed by atoms with Crippen molar-refractivity contribution in [1.82, 2.24) is 10.2 Å². The molecule has 0 bridgehead atoms. The molecule has 1 aliphatic heterocycles. The van der Waals surface area contributed by atoms with Crippen LogP contribution in [0.1, 0.15) is 66.7 Å². The third kappa shape index (κ3) is 6.53. The zero-order valence-corrected chi connectivity index (χ0v) is 19.4. The van der Waals surface area contributed by atoms with Crippen LogP contribution in [0.3, 0.4) is 0 Å². The minimum absolute atomic E-state index is 0.0748. The second-order valence-corrected chi connectivity index (χ2v) is 10.0. The van der Waals surface area contributed by atoms with Crippen molar-refractivity contribution in [3.8, 4) is 0 Å². The lowest BCUT2D eigenvalue weighted by atomic mass is 9.81. The van der Waals surface area contributed by atoms with Crippen LogP contribution in [0.15, 0.2) is 0 Å². The molecule has 1 N–H and O–H groups in total. The van der Waals surface area contributed by atoms with E-state index in [0.717, 1.165) is 0 Å². The number of esters is 1. The van der Waals surface area contributed by atoms with Crippen molar-refractivity contribution >= 4 is 18.0 Å². The summed E-state index contributed by atoms with van der Waals surface area (Å²) in [6, 6.07) is -1.80. The van der Waals surface area contributed by atoms with Gasteiger partial charge in [0.05, 0.1) is 7.11 Å². The van der Waals surface area contributed by atoms with Crippen LogP contribution in [-0.2, 0) is 19.1 Å². The number of likely N-dealkylation sites (tertiary alicyclic amines) is 1. The molecule has 1 heterocycles. The molecule has 3 atom stereocenters. The number of carbonyl (C=O) groups excluding carboxylic acids is 3. The van der Waals surface area contributed by atoms with Crippen LogP contribution in [0.2, 0.25) is 0 Å². The van der Waals surface area contributed by atoms with E-state index >= 15 is 0 Å². The average Bonchev–Trinajstić information content (AvgIpc) is 3.09. The fraction of sp³-hybridized carbons (Fsp3) is 0.864. The first-order valence-electron chi connectivity index (χ1n) is 11.0. The Hall–Kier alpha value is -1.93. The molecule has 7 nitrogen and oxygen atoms in total. The highest BCUT2D eigenvalue weighted by Gasteiger charge is 2.48. The molecule has 2 fully saturated rings. The van der Waals surface area contributed by atoms with E-state index in [0.29, 0.717) is 13.0 Å². The summed E-state index contributed by atoms with van der Waals surface area (Å²) in [7, 11) is 1.28. The molecule has 2 rings (SSSR count). The number of nitrogens with one attached hydrogen (secondary N) is 1. The molecule has 1 saturated heterocycles. The second kappa shape index (κ2) is 9.69. The van der Waals surface area contributed by atoms with Gasteiger partial charge in [0.2, 0.25) is 11.8 Å². The van der Waals surface area contributed by atoms with Crippen LogP contribution < -0.4 is 5.32 Å². The van der Waals surface area contributed by atoms with Crippen LogP contribution in [-0.4, -0.2) is 60.1 Å². The summed E-state index contributed by atoms with van der Waals surface area (Å²) in [5, 5.41) is 2.62. The minimum atomic E-state index is -2.76. The van der Waals surface area contributed by atoms with Crippen molar-refractivity contribution in [2.24, 2.45) is 17.8 Å². The Bertz CT molecular complexity index is 667. The summed E-state index contributed by atoms with van der Waals surface area (Å²) < 4.78 is 37.7. The van der Waals surface area contributed by atoms with Crippen LogP contribution in [0.5, 0.6) is 0 Å². The number of hydrogen-bond donors (Lipinski definition) is 1. The van der Waals surface area contributed by atoms with Crippen molar-refractivity contribution in [2.45, 2.75) is 90.3 Å². The van der Waals surface area contributed by atoms with Crippen molar-refractivity contribution in [3.05, 3.63) is 0 Å². The van der Waals surface area contributed by atoms with Crippen molar-refractivity contribution in [3.63, 3.8) is 0 Å². The molecule has 0 aromatic rings. The van der Waals surface area contributed by atoms with Gasteiger partial charge >= 0.3 is 12.1 Å². The molecule has 1 unspecified atom stereocenters. The number of amides is 2. The molecule has 2 amide bonds. The molecular formula is C22H36F2N2O5. The van der Waals surface area contributed by atoms with Crippen LogP contribution in [0.25, 0.3) is 0 Å². The number of alkyl halides is 2. The van der Waals surface area contributed by atoms with E-state index in [9.17, 15) is 23.2 Å². The average molecular weight is 447 g/mol. The van der Waals surface area contributed by atoms with E-state index in [2.05, 4.69) is 5.32 Å². The van der Waals surface area contributed by atoms with Crippen molar-refractivity contribution in [1.29, 1.82) is 0 Å². The number of rotatable bonds is 5. The smallest absolute Gasteiger partial charge is 0.408 e. The van der Waals surface area contributed by atoms with Gasteiger partial charge in [0, 0.05) is 19.4 Å². The molecule has 2 aliphatic rings. The molecule has 0 aromatic heterocycles. The second-order valence-electron chi connectivity index (χ2n) is 10.0. The van der Waals surface area contributed by atoms with Crippen molar-refractivity contribution < 1.29 is 32.6 Å². The SMILES string of the molecule is COC(=O)C1[C@@H](C(C)C)CCN1C(=O)[C@@H](NC(=O)OC(C)(C)C)C1CCC(F)(F)CC1. The van der Waals surface area contributed by atoms with Gasteiger partial charge < -0.3 is 19.7 Å². The number of methoxy groups -OCH3 is 1. The monoisotopic (exact) mass is 446 g/mol. The molecule has 0 spiro atoms. The maximum atomic E-state index is 13.7. The number of hydrogen-bond acceptors (Lipinski definition) is 5. The zero-order valence-electron chi connectivity index (χ0n) is 19.4. The number of alkyl carbamates (subject to hydrolysis) is 1. The Morgan fingerprint density at radius 3 is 2.16 bits per heavy atom. The highest BCUT2D eigenvalue weighted by Crippen LogP contribution is 2.39. The molecule has 1 saturated carbocycles. The van der Waals surface area contributed by atoms with E-state index in [1.165, 1.54) is 12.0 Å². The van der Waals surface area contributed by atoms with Gasteiger partial charge in [-0.2, -0.15) is 0 Å². The van der Waals surface area contributed by atoms with Gasteiger partial charge in [0.1, 0.15) is 17.7 Å². The predicted octanol–water partition coefficient (Wildman–Crippen LogP) is 3.75.